The number of rotatable bonds is 4. The zero-order chi connectivity index (χ0) is 21.5. The van der Waals surface area contributed by atoms with Gasteiger partial charge in [0.25, 0.3) is 5.91 Å². The van der Waals surface area contributed by atoms with Crippen LogP contribution in [0.15, 0.2) is 42.7 Å². The molecular weight excluding hydrogens is 396 g/mol. The Morgan fingerprint density at radius 1 is 1.13 bits per heavy atom. The monoisotopic (exact) mass is 418 g/mol. The number of nitrogens with zero attached hydrogens (tertiary/aromatic N) is 2. The Bertz CT molecular complexity index is 1190. The van der Waals surface area contributed by atoms with Crippen LogP contribution in [0, 0.1) is 5.92 Å². The molecule has 9 heteroatoms. The van der Waals surface area contributed by atoms with Crippen molar-refractivity contribution in [3.05, 3.63) is 59.4 Å². The largest absolute Gasteiger partial charge is 0.349 e. The smallest absolute Gasteiger partial charge is 0.252 e. The van der Waals surface area contributed by atoms with E-state index in [0.717, 1.165) is 11.1 Å². The summed E-state index contributed by atoms with van der Waals surface area (Å²) in [6.07, 6.45) is 4.07. The van der Waals surface area contributed by atoms with Crippen LogP contribution in [-0.2, 0) is 16.0 Å². The number of benzene rings is 1. The van der Waals surface area contributed by atoms with Crippen LogP contribution in [-0.4, -0.2) is 45.0 Å². The summed E-state index contributed by atoms with van der Waals surface area (Å²) >= 11 is 0. The van der Waals surface area contributed by atoms with E-state index in [0.29, 0.717) is 29.4 Å². The van der Waals surface area contributed by atoms with E-state index in [2.05, 4.69) is 31.1 Å². The average Bonchev–Trinajstić information content (AvgIpc) is 3.45. The van der Waals surface area contributed by atoms with Crippen LogP contribution in [0.2, 0.25) is 0 Å². The molecule has 3 aromatic rings. The molecule has 2 unspecified atom stereocenters. The molecule has 4 atom stereocenters. The number of aromatic nitrogens is 3. The van der Waals surface area contributed by atoms with Gasteiger partial charge in [-0.15, -0.1) is 0 Å². The maximum Gasteiger partial charge on any atom is 0.252 e. The second kappa shape index (κ2) is 7.50. The van der Waals surface area contributed by atoms with Gasteiger partial charge in [0.15, 0.2) is 5.65 Å². The molecule has 2 aliphatic rings. The summed E-state index contributed by atoms with van der Waals surface area (Å²) in [7, 11) is 0. The topological polar surface area (TPSA) is 129 Å². The second-order valence-electron chi connectivity index (χ2n) is 8.19. The summed E-state index contributed by atoms with van der Waals surface area (Å²) in [5.74, 6) is -0.682. The van der Waals surface area contributed by atoms with E-state index in [1.165, 1.54) is 0 Å². The first-order chi connectivity index (χ1) is 15.0. The molecule has 0 spiro atoms. The predicted octanol–water partition coefficient (Wildman–Crippen LogP) is 0.994. The minimum atomic E-state index is -0.557. The number of hydrogen-bond acceptors (Lipinski definition) is 5. The van der Waals surface area contributed by atoms with E-state index in [1.54, 1.807) is 18.5 Å². The average molecular weight is 418 g/mol. The van der Waals surface area contributed by atoms with Crippen molar-refractivity contribution in [1.82, 2.24) is 31.1 Å². The summed E-state index contributed by atoms with van der Waals surface area (Å²) in [6, 6.07) is 8.21. The Labute approximate surface area is 178 Å². The SMILES string of the molecule is CC1CC(=O)NC1C(=O)N[C@@H]1Cc2ccccc2[C@H]1NC(=O)c1ccnc2[nH]ncc12. The van der Waals surface area contributed by atoms with Crippen molar-refractivity contribution in [2.24, 2.45) is 5.92 Å². The lowest BCUT2D eigenvalue weighted by Gasteiger charge is -2.25. The molecule has 2 aromatic heterocycles. The minimum Gasteiger partial charge on any atom is -0.349 e. The quantitative estimate of drug-likeness (QED) is 0.502. The van der Waals surface area contributed by atoms with Crippen molar-refractivity contribution in [3.8, 4) is 0 Å². The predicted molar refractivity (Wildman–Crippen MR) is 112 cm³/mol. The summed E-state index contributed by atoms with van der Waals surface area (Å²) in [5, 5.41) is 16.3. The molecule has 0 radical (unpaired) electrons. The Balaban J connectivity index is 1.40. The normalized spacial score (nSPS) is 24.6. The lowest BCUT2D eigenvalue weighted by Crippen LogP contribution is -2.51. The molecule has 4 N–H and O–H groups in total. The molecule has 3 heterocycles. The van der Waals surface area contributed by atoms with Crippen LogP contribution in [0.4, 0.5) is 0 Å². The fourth-order valence-corrected chi connectivity index (χ4v) is 4.56. The summed E-state index contributed by atoms with van der Waals surface area (Å²) in [4.78, 5) is 41.9. The number of amides is 3. The molecule has 5 rings (SSSR count). The van der Waals surface area contributed by atoms with E-state index < -0.39 is 12.1 Å². The zero-order valence-corrected chi connectivity index (χ0v) is 16.9. The standard InChI is InChI=1S/C22H22N6O3/c1-11-8-17(29)26-18(11)22(31)25-16-9-12-4-2-3-5-13(12)19(16)27-21(30)14-6-7-23-20-15(14)10-24-28-20/h2-7,10-11,16,18-19H,8-9H2,1H3,(H,25,31)(H,26,29)(H,27,30)(H,23,24,28)/t11?,16-,18?,19-/m1/s1. The van der Waals surface area contributed by atoms with Crippen molar-refractivity contribution in [3.63, 3.8) is 0 Å². The van der Waals surface area contributed by atoms with E-state index in [4.69, 9.17) is 0 Å². The fraction of sp³-hybridized carbons (Fsp3) is 0.318. The Kier molecular flexibility index (Phi) is 4.65. The minimum absolute atomic E-state index is 0.0736. The van der Waals surface area contributed by atoms with Gasteiger partial charge in [-0.3, -0.25) is 19.5 Å². The first-order valence-electron chi connectivity index (χ1n) is 10.3. The number of pyridine rings is 1. The number of aromatic amines is 1. The van der Waals surface area contributed by atoms with Crippen LogP contribution < -0.4 is 16.0 Å². The van der Waals surface area contributed by atoms with Crippen LogP contribution >= 0.6 is 0 Å². The molecule has 1 saturated heterocycles. The van der Waals surface area contributed by atoms with Crippen LogP contribution in [0.25, 0.3) is 11.0 Å². The van der Waals surface area contributed by atoms with E-state index >= 15 is 0 Å². The van der Waals surface area contributed by atoms with Crippen molar-refractivity contribution >= 4 is 28.8 Å². The van der Waals surface area contributed by atoms with Crippen LogP contribution in [0.1, 0.15) is 40.9 Å². The summed E-state index contributed by atoms with van der Waals surface area (Å²) in [6.45, 7) is 1.88. The lowest BCUT2D eigenvalue weighted by molar-refractivity contribution is -0.126. The summed E-state index contributed by atoms with van der Waals surface area (Å²) in [5.41, 5.74) is 3.05. The van der Waals surface area contributed by atoms with E-state index in [9.17, 15) is 14.4 Å². The zero-order valence-electron chi connectivity index (χ0n) is 16.9. The molecule has 0 bridgehead atoms. The van der Waals surface area contributed by atoms with Gasteiger partial charge in [-0.05, 0) is 29.5 Å². The summed E-state index contributed by atoms with van der Waals surface area (Å²) < 4.78 is 0. The van der Waals surface area contributed by atoms with Gasteiger partial charge in [-0.1, -0.05) is 31.2 Å². The number of H-pyrrole nitrogens is 1. The molecule has 3 amide bonds. The van der Waals surface area contributed by atoms with Gasteiger partial charge < -0.3 is 16.0 Å². The number of carbonyl (C=O) groups is 3. The Morgan fingerprint density at radius 3 is 2.77 bits per heavy atom. The van der Waals surface area contributed by atoms with Gasteiger partial charge >= 0.3 is 0 Å². The van der Waals surface area contributed by atoms with Gasteiger partial charge in [0, 0.05) is 12.6 Å². The van der Waals surface area contributed by atoms with Crippen molar-refractivity contribution in [2.75, 3.05) is 0 Å². The lowest BCUT2D eigenvalue weighted by atomic mass is 10.0. The van der Waals surface area contributed by atoms with Gasteiger partial charge in [-0.2, -0.15) is 5.10 Å². The molecular formula is C22H22N6O3. The van der Waals surface area contributed by atoms with Crippen molar-refractivity contribution < 1.29 is 14.4 Å². The number of fused-ring (bicyclic) bond motifs is 2. The molecule has 1 aromatic carbocycles. The molecule has 1 aliphatic heterocycles. The van der Waals surface area contributed by atoms with Crippen molar-refractivity contribution in [1.29, 1.82) is 0 Å². The third-order valence-corrected chi connectivity index (χ3v) is 6.12. The van der Waals surface area contributed by atoms with Gasteiger partial charge in [0.2, 0.25) is 11.8 Å². The number of carbonyl (C=O) groups excluding carboxylic acids is 3. The Hall–Kier alpha value is -3.75. The van der Waals surface area contributed by atoms with Gasteiger partial charge in [0.1, 0.15) is 6.04 Å². The first kappa shape index (κ1) is 19.2. The van der Waals surface area contributed by atoms with Crippen LogP contribution in [0.5, 0.6) is 0 Å². The molecule has 1 fully saturated rings. The highest BCUT2D eigenvalue weighted by Gasteiger charge is 2.39. The van der Waals surface area contributed by atoms with Gasteiger partial charge in [-0.25, -0.2) is 4.98 Å². The third-order valence-electron chi connectivity index (χ3n) is 6.12. The highest BCUT2D eigenvalue weighted by atomic mass is 16.2. The fourth-order valence-electron chi connectivity index (χ4n) is 4.56. The second-order valence-corrected chi connectivity index (χ2v) is 8.19. The Morgan fingerprint density at radius 2 is 1.97 bits per heavy atom. The van der Waals surface area contributed by atoms with Crippen molar-refractivity contribution in [2.45, 2.75) is 37.9 Å². The van der Waals surface area contributed by atoms with Gasteiger partial charge in [0.05, 0.1) is 29.2 Å². The maximum atomic E-state index is 13.2. The molecule has 9 nitrogen and oxygen atoms in total. The van der Waals surface area contributed by atoms with E-state index in [1.807, 2.05) is 31.2 Å². The molecule has 31 heavy (non-hydrogen) atoms. The van der Waals surface area contributed by atoms with Crippen LogP contribution in [0.3, 0.4) is 0 Å². The number of nitrogens with one attached hydrogen (secondary N) is 4. The third kappa shape index (κ3) is 3.41. The maximum absolute atomic E-state index is 13.2. The highest BCUT2D eigenvalue weighted by Crippen LogP contribution is 2.32. The highest BCUT2D eigenvalue weighted by molar-refractivity contribution is 6.05. The first-order valence-corrected chi connectivity index (χ1v) is 10.3. The molecule has 0 saturated carbocycles. The number of hydrogen-bond donors (Lipinski definition) is 4. The van der Waals surface area contributed by atoms with E-state index in [-0.39, 0.29) is 29.7 Å². The molecule has 158 valence electrons. The molecule has 1 aliphatic carbocycles.